The normalized spacial score (nSPS) is 11.2. The van der Waals surface area contributed by atoms with Crippen LogP contribution in [0, 0.1) is 0 Å². The number of rotatable bonds is 5. The second-order valence-electron chi connectivity index (χ2n) is 5.68. The Hall–Kier alpha value is -3.69. The van der Waals surface area contributed by atoms with Gasteiger partial charge in [0.1, 0.15) is 11.4 Å². The lowest BCUT2D eigenvalue weighted by Crippen LogP contribution is -2.33. The van der Waals surface area contributed by atoms with Crippen molar-refractivity contribution in [2.45, 2.75) is 6.18 Å². The summed E-state index contributed by atoms with van der Waals surface area (Å²) in [4.78, 5) is 30.4. The first-order valence-corrected chi connectivity index (χ1v) is 7.91. The van der Waals surface area contributed by atoms with E-state index in [1.54, 1.807) is 24.3 Å². The molecular formula is C18H13F3N4O3. The third kappa shape index (κ3) is 4.53. The van der Waals surface area contributed by atoms with E-state index in [2.05, 4.69) is 15.3 Å². The molecule has 2 aromatic heterocycles. The van der Waals surface area contributed by atoms with Crippen molar-refractivity contribution in [1.82, 2.24) is 15.3 Å². The van der Waals surface area contributed by atoms with Crippen LogP contribution in [0.3, 0.4) is 0 Å². The van der Waals surface area contributed by atoms with E-state index in [-0.39, 0.29) is 18.1 Å². The number of carbonyl (C=O) groups is 2. The molecule has 3 rings (SSSR count). The molecule has 7 nitrogen and oxygen atoms in total. The second kappa shape index (κ2) is 7.51. The van der Waals surface area contributed by atoms with Gasteiger partial charge in [-0.05, 0) is 30.3 Å². The number of benzene rings is 1. The summed E-state index contributed by atoms with van der Waals surface area (Å²) in [5.74, 6) is -0.877. The minimum Gasteiger partial charge on any atom is -0.439 e. The zero-order valence-electron chi connectivity index (χ0n) is 14.2. The third-order valence-corrected chi connectivity index (χ3v) is 3.60. The average molecular weight is 390 g/mol. The smallest absolute Gasteiger partial charge is 0.417 e. The van der Waals surface area contributed by atoms with Gasteiger partial charge >= 0.3 is 6.18 Å². The van der Waals surface area contributed by atoms with Gasteiger partial charge in [-0.1, -0.05) is 6.07 Å². The maximum absolute atomic E-state index is 12.6. The SMILES string of the molecule is NC(=O)CNC(=O)c1ccc2cc(Oc3ccc(C(F)(F)F)cn3)ccc2n1. The molecule has 1 aromatic carbocycles. The van der Waals surface area contributed by atoms with Gasteiger partial charge in [0.25, 0.3) is 5.91 Å². The van der Waals surface area contributed by atoms with Crippen molar-refractivity contribution in [2.75, 3.05) is 6.54 Å². The molecule has 0 fully saturated rings. The number of hydrogen-bond acceptors (Lipinski definition) is 5. The Labute approximate surface area is 156 Å². The van der Waals surface area contributed by atoms with Crippen molar-refractivity contribution in [2.24, 2.45) is 5.73 Å². The molecule has 2 heterocycles. The topological polar surface area (TPSA) is 107 Å². The highest BCUT2D eigenvalue weighted by atomic mass is 19.4. The summed E-state index contributed by atoms with van der Waals surface area (Å²) < 4.78 is 43.1. The van der Waals surface area contributed by atoms with E-state index in [9.17, 15) is 22.8 Å². The van der Waals surface area contributed by atoms with Crippen LogP contribution < -0.4 is 15.8 Å². The van der Waals surface area contributed by atoms with Crippen molar-refractivity contribution in [3.63, 3.8) is 0 Å². The van der Waals surface area contributed by atoms with Crippen LogP contribution in [-0.4, -0.2) is 28.3 Å². The molecule has 0 saturated heterocycles. The number of nitrogens with two attached hydrogens (primary N) is 1. The minimum atomic E-state index is -4.47. The van der Waals surface area contributed by atoms with Crippen LogP contribution in [0.25, 0.3) is 10.9 Å². The van der Waals surface area contributed by atoms with Crippen LogP contribution in [0.15, 0.2) is 48.7 Å². The quantitative estimate of drug-likeness (QED) is 0.697. The summed E-state index contributed by atoms with van der Waals surface area (Å²) in [6.45, 7) is -0.300. The van der Waals surface area contributed by atoms with Gasteiger partial charge in [0, 0.05) is 17.6 Å². The maximum atomic E-state index is 12.6. The van der Waals surface area contributed by atoms with Crippen LogP contribution in [-0.2, 0) is 11.0 Å². The van der Waals surface area contributed by atoms with Crippen molar-refractivity contribution in [3.8, 4) is 11.6 Å². The van der Waals surface area contributed by atoms with Crippen molar-refractivity contribution >= 4 is 22.7 Å². The Morgan fingerprint density at radius 3 is 2.54 bits per heavy atom. The summed E-state index contributed by atoms with van der Waals surface area (Å²) in [5, 5.41) is 2.97. The molecule has 0 aliphatic carbocycles. The maximum Gasteiger partial charge on any atom is 0.417 e. The Morgan fingerprint density at radius 2 is 1.89 bits per heavy atom. The number of fused-ring (bicyclic) bond motifs is 1. The Morgan fingerprint density at radius 1 is 1.11 bits per heavy atom. The monoisotopic (exact) mass is 390 g/mol. The summed E-state index contributed by atoms with van der Waals surface area (Å²) in [7, 11) is 0. The highest BCUT2D eigenvalue weighted by molar-refractivity contribution is 5.96. The molecule has 3 aromatic rings. The van der Waals surface area contributed by atoms with Crippen LogP contribution >= 0.6 is 0 Å². The van der Waals surface area contributed by atoms with E-state index in [0.29, 0.717) is 22.8 Å². The number of alkyl halides is 3. The number of halogens is 3. The molecule has 3 N–H and O–H groups in total. The fraction of sp³-hybridized carbons (Fsp3) is 0.111. The lowest BCUT2D eigenvalue weighted by atomic mass is 10.2. The first-order chi connectivity index (χ1) is 13.2. The number of carbonyl (C=O) groups excluding carboxylic acids is 2. The minimum absolute atomic E-state index is 0.00255. The van der Waals surface area contributed by atoms with E-state index in [0.717, 1.165) is 12.1 Å². The molecule has 10 heteroatoms. The zero-order chi connectivity index (χ0) is 20.3. The number of amides is 2. The summed E-state index contributed by atoms with van der Waals surface area (Å²) in [5.41, 5.74) is 4.69. The van der Waals surface area contributed by atoms with Gasteiger partial charge in [0.15, 0.2) is 0 Å². The van der Waals surface area contributed by atoms with E-state index < -0.39 is 23.6 Å². The Bertz CT molecular complexity index is 1040. The molecule has 0 aliphatic rings. The number of primary amides is 1. The second-order valence-corrected chi connectivity index (χ2v) is 5.68. The van der Waals surface area contributed by atoms with E-state index in [4.69, 9.17) is 10.5 Å². The fourth-order valence-corrected chi connectivity index (χ4v) is 2.28. The first-order valence-electron chi connectivity index (χ1n) is 7.91. The molecule has 28 heavy (non-hydrogen) atoms. The van der Waals surface area contributed by atoms with Gasteiger partial charge < -0.3 is 15.8 Å². The lowest BCUT2D eigenvalue weighted by molar-refractivity contribution is -0.137. The average Bonchev–Trinajstić information content (AvgIpc) is 2.65. The van der Waals surface area contributed by atoms with Crippen LogP contribution in [0.4, 0.5) is 13.2 Å². The summed E-state index contributed by atoms with van der Waals surface area (Å²) >= 11 is 0. The molecular weight excluding hydrogens is 377 g/mol. The number of hydrogen-bond donors (Lipinski definition) is 2. The van der Waals surface area contributed by atoms with E-state index in [1.807, 2.05) is 0 Å². The number of pyridine rings is 2. The number of ether oxygens (including phenoxy) is 1. The molecule has 0 bridgehead atoms. The zero-order valence-corrected chi connectivity index (χ0v) is 14.2. The highest BCUT2D eigenvalue weighted by Crippen LogP contribution is 2.30. The molecule has 0 spiro atoms. The van der Waals surface area contributed by atoms with Gasteiger partial charge in [0.2, 0.25) is 11.8 Å². The van der Waals surface area contributed by atoms with Crippen molar-refractivity contribution < 1.29 is 27.5 Å². The summed E-state index contributed by atoms with van der Waals surface area (Å²) in [6.07, 6.45) is -3.78. The van der Waals surface area contributed by atoms with Crippen LogP contribution in [0.1, 0.15) is 16.1 Å². The van der Waals surface area contributed by atoms with Crippen molar-refractivity contribution in [1.29, 1.82) is 0 Å². The van der Waals surface area contributed by atoms with E-state index >= 15 is 0 Å². The molecule has 144 valence electrons. The highest BCUT2D eigenvalue weighted by Gasteiger charge is 2.30. The molecule has 0 radical (unpaired) electrons. The number of nitrogens with zero attached hydrogens (tertiary/aromatic N) is 2. The largest absolute Gasteiger partial charge is 0.439 e. The predicted octanol–water partition coefficient (Wildman–Crippen LogP) is 2.66. The van der Waals surface area contributed by atoms with Crippen LogP contribution in [0.5, 0.6) is 11.6 Å². The van der Waals surface area contributed by atoms with Gasteiger partial charge in [-0.2, -0.15) is 13.2 Å². The molecule has 2 amide bonds. The standard InChI is InChI=1S/C18H13F3N4O3/c19-18(20,21)11-2-6-16(23-8-11)28-12-3-5-13-10(7-12)1-4-14(25-13)17(27)24-9-15(22)26/h1-8H,9H2,(H2,22,26)(H,24,27). The third-order valence-electron chi connectivity index (χ3n) is 3.60. The molecule has 0 aliphatic heterocycles. The Balaban J connectivity index is 1.76. The van der Waals surface area contributed by atoms with Gasteiger partial charge in [-0.3, -0.25) is 9.59 Å². The number of aromatic nitrogens is 2. The molecule has 0 unspecified atom stereocenters. The number of nitrogens with one attached hydrogen (secondary N) is 1. The lowest BCUT2D eigenvalue weighted by Gasteiger charge is -2.09. The van der Waals surface area contributed by atoms with Gasteiger partial charge in [0.05, 0.1) is 17.6 Å². The van der Waals surface area contributed by atoms with Crippen molar-refractivity contribution in [3.05, 3.63) is 59.9 Å². The molecule has 0 saturated carbocycles. The first kappa shape index (κ1) is 19.1. The fourth-order valence-electron chi connectivity index (χ4n) is 2.28. The van der Waals surface area contributed by atoms with Gasteiger partial charge in [-0.15, -0.1) is 0 Å². The Kier molecular flexibility index (Phi) is 5.12. The van der Waals surface area contributed by atoms with E-state index in [1.165, 1.54) is 6.07 Å². The van der Waals surface area contributed by atoms with Crippen LogP contribution in [0.2, 0.25) is 0 Å². The van der Waals surface area contributed by atoms with Gasteiger partial charge in [-0.25, -0.2) is 9.97 Å². The molecule has 0 atom stereocenters. The predicted molar refractivity (Wildman–Crippen MR) is 92.6 cm³/mol. The summed E-state index contributed by atoms with van der Waals surface area (Å²) in [6, 6.07) is 9.80.